The molecule has 1 aliphatic heterocycles. The molecule has 1 saturated heterocycles. The highest BCUT2D eigenvalue weighted by atomic mass is 16.1. The molecule has 0 radical (unpaired) electrons. The minimum atomic E-state index is 0.0358. The fourth-order valence-corrected chi connectivity index (χ4v) is 1.48. The normalized spacial score (nSPS) is 22.2. The summed E-state index contributed by atoms with van der Waals surface area (Å²) in [6.45, 7) is 5.84. The van der Waals surface area contributed by atoms with Crippen molar-refractivity contribution in [1.82, 2.24) is 10.6 Å². The van der Waals surface area contributed by atoms with Gasteiger partial charge in [0, 0.05) is 18.7 Å². The van der Waals surface area contributed by atoms with E-state index in [9.17, 15) is 4.79 Å². The van der Waals surface area contributed by atoms with E-state index in [1.54, 1.807) is 6.08 Å². The van der Waals surface area contributed by atoms with Gasteiger partial charge >= 0.3 is 0 Å². The van der Waals surface area contributed by atoms with Crippen molar-refractivity contribution < 1.29 is 4.79 Å². The lowest BCUT2D eigenvalue weighted by atomic mass is 10.1. The predicted molar refractivity (Wildman–Crippen MR) is 53.5 cm³/mol. The van der Waals surface area contributed by atoms with E-state index in [2.05, 4.69) is 10.6 Å². The molecule has 0 spiro atoms. The van der Waals surface area contributed by atoms with Crippen molar-refractivity contribution in [1.29, 1.82) is 0 Å². The van der Waals surface area contributed by atoms with Gasteiger partial charge in [-0.2, -0.15) is 0 Å². The fraction of sp³-hybridized carbons (Fsp3) is 0.700. The van der Waals surface area contributed by atoms with Crippen molar-refractivity contribution in [2.24, 2.45) is 0 Å². The Hall–Kier alpha value is -0.830. The second kappa shape index (κ2) is 5.02. The van der Waals surface area contributed by atoms with Gasteiger partial charge in [-0.15, -0.1) is 0 Å². The van der Waals surface area contributed by atoms with Crippen LogP contribution < -0.4 is 10.6 Å². The van der Waals surface area contributed by atoms with Crippen LogP contribution in [0.5, 0.6) is 0 Å². The Labute approximate surface area is 79.6 Å². The summed E-state index contributed by atoms with van der Waals surface area (Å²) in [5.74, 6) is 0.0358. The first-order chi connectivity index (χ1) is 6.18. The maximum absolute atomic E-state index is 11.3. The topological polar surface area (TPSA) is 41.1 Å². The molecular weight excluding hydrogens is 164 g/mol. The van der Waals surface area contributed by atoms with E-state index in [0.29, 0.717) is 6.04 Å². The van der Waals surface area contributed by atoms with E-state index >= 15 is 0 Å². The van der Waals surface area contributed by atoms with Crippen LogP contribution in [0.25, 0.3) is 0 Å². The van der Waals surface area contributed by atoms with Crippen LogP contribution in [0, 0.1) is 0 Å². The molecule has 0 aliphatic carbocycles. The second-order valence-electron chi connectivity index (χ2n) is 3.77. The molecule has 0 unspecified atom stereocenters. The van der Waals surface area contributed by atoms with Crippen LogP contribution in [-0.2, 0) is 4.79 Å². The quantitative estimate of drug-likeness (QED) is 0.621. The van der Waals surface area contributed by atoms with Crippen molar-refractivity contribution in [2.45, 2.75) is 32.7 Å². The zero-order chi connectivity index (χ0) is 9.68. The van der Waals surface area contributed by atoms with Crippen LogP contribution in [0.15, 0.2) is 11.6 Å². The molecule has 0 aromatic rings. The van der Waals surface area contributed by atoms with E-state index in [-0.39, 0.29) is 5.91 Å². The van der Waals surface area contributed by atoms with Crippen LogP contribution >= 0.6 is 0 Å². The van der Waals surface area contributed by atoms with Gasteiger partial charge in [0.15, 0.2) is 0 Å². The molecule has 1 heterocycles. The van der Waals surface area contributed by atoms with Crippen molar-refractivity contribution in [3.8, 4) is 0 Å². The first-order valence-electron chi connectivity index (χ1n) is 4.84. The van der Waals surface area contributed by atoms with Gasteiger partial charge in [-0.05, 0) is 33.2 Å². The number of carbonyl (C=O) groups is 1. The summed E-state index contributed by atoms with van der Waals surface area (Å²) < 4.78 is 0. The van der Waals surface area contributed by atoms with Crippen molar-refractivity contribution in [2.75, 3.05) is 13.1 Å². The number of nitrogens with one attached hydrogen (secondary N) is 2. The predicted octanol–water partition coefficient (Wildman–Crippen LogP) is 0.821. The SMILES string of the molecule is CC(C)=CC(=O)N[C@H]1CCCNC1. The zero-order valence-corrected chi connectivity index (χ0v) is 8.39. The molecule has 2 N–H and O–H groups in total. The molecule has 0 saturated carbocycles. The van der Waals surface area contributed by atoms with Crippen molar-refractivity contribution in [3.05, 3.63) is 11.6 Å². The fourth-order valence-electron chi connectivity index (χ4n) is 1.48. The number of piperidine rings is 1. The minimum absolute atomic E-state index is 0.0358. The summed E-state index contributed by atoms with van der Waals surface area (Å²) >= 11 is 0. The van der Waals surface area contributed by atoms with Gasteiger partial charge in [0.05, 0.1) is 0 Å². The second-order valence-corrected chi connectivity index (χ2v) is 3.77. The molecule has 1 atom stereocenters. The van der Waals surface area contributed by atoms with Gasteiger partial charge in [0.1, 0.15) is 0 Å². The highest BCUT2D eigenvalue weighted by molar-refractivity contribution is 5.88. The molecule has 0 bridgehead atoms. The summed E-state index contributed by atoms with van der Waals surface area (Å²) in [7, 11) is 0. The Morgan fingerprint density at radius 3 is 2.85 bits per heavy atom. The Morgan fingerprint density at radius 1 is 1.54 bits per heavy atom. The number of hydrogen-bond donors (Lipinski definition) is 2. The summed E-state index contributed by atoms with van der Waals surface area (Å²) in [5.41, 5.74) is 1.04. The first kappa shape index (κ1) is 10.3. The molecule has 1 fully saturated rings. The molecule has 0 aromatic heterocycles. The molecule has 3 heteroatoms. The first-order valence-corrected chi connectivity index (χ1v) is 4.84. The molecule has 1 aliphatic rings. The molecule has 1 amide bonds. The Bertz CT molecular complexity index is 201. The average molecular weight is 182 g/mol. The van der Waals surface area contributed by atoms with E-state index in [4.69, 9.17) is 0 Å². The number of carbonyl (C=O) groups excluding carboxylic acids is 1. The third-order valence-electron chi connectivity index (χ3n) is 2.06. The third kappa shape index (κ3) is 4.08. The van der Waals surface area contributed by atoms with Gasteiger partial charge in [-0.3, -0.25) is 4.79 Å². The van der Waals surface area contributed by atoms with Crippen LogP contribution in [-0.4, -0.2) is 25.0 Å². The monoisotopic (exact) mass is 182 g/mol. The average Bonchev–Trinajstić information content (AvgIpc) is 2.04. The van der Waals surface area contributed by atoms with Crippen LogP contribution in [0.2, 0.25) is 0 Å². The lowest BCUT2D eigenvalue weighted by molar-refractivity contribution is -0.117. The number of allylic oxidation sites excluding steroid dienone is 1. The Kier molecular flexibility index (Phi) is 3.96. The number of rotatable bonds is 2. The molecule has 1 rings (SSSR count). The molecule has 74 valence electrons. The molecule has 0 aromatic carbocycles. The van der Waals surface area contributed by atoms with Crippen molar-refractivity contribution >= 4 is 5.91 Å². The number of amides is 1. The van der Waals surface area contributed by atoms with Gasteiger partial charge in [0.25, 0.3) is 0 Å². The van der Waals surface area contributed by atoms with E-state index in [1.807, 2.05) is 13.8 Å². The minimum Gasteiger partial charge on any atom is -0.349 e. The Balaban J connectivity index is 2.30. The summed E-state index contributed by atoms with van der Waals surface area (Å²) in [6.07, 6.45) is 3.89. The zero-order valence-electron chi connectivity index (χ0n) is 8.39. The van der Waals surface area contributed by atoms with Gasteiger partial charge in [-0.25, -0.2) is 0 Å². The Morgan fingerprint density at radius 2 is 2.31 bits per heavy atom. The largest absolute Gasteiger partial charge is 0.349 e. The lowest BCUT2D eigenvalue weighted by Crippen LogP contribution is -2.45. The van der Waals surface area contributed by atoms with E-state index in [1.165, 1.54) is 0 Å². The van der Waals surface area contributed by atoms with Crippen LogP contribution in [0.3, 0.4) is 0 Å². The highest BCUT2D eigenvalue weighted by Gasteiger charge is 2.13. The van der Waals surface area contributed by atoms with Crippen molar-refractivity contribution in [3.63, 3.8) is 0 Å². The summed E-state index contributed by atoms with van der Waals surface area (Å²) in [4.78, 5) is 11.3. The lowest BCUT2D eigenvalue weighted by Gasteiger charge is -2.23. The van der Waals surface area contributed by atoms with Gasteiger partial charge < -0.3 is 10.6 Å². The number of hydrogen-bond acceptors (Lipinski definition) is 2. The highest BCUT2D eigenvalue weighted by Crippen LogP contribution is 2.01. The third-order valence-corrected chi connectivity index (χ3v) is 2.06. The van der Waals surface area contributed by atoms with E-state index in [0.717, 1.165) is 31.5 Å². The molecule has 3 nitrogen and oxygen atoms in total. The molecular formula is C10H18N2O. The summed E-state index contributed by atoms with van der Waals surface area (Å²) in [6, 6.07) is 0.317. The van der Waals surface area contributed by atoms with E-state index < -0.39 is 0 Å². The maximum Gasteiger partial charge on any atom is 0.244 e. The van der Waals surface area contributed by atoms with Crippen LogP contribution in [0.4, 0.5) is 0 Å². The molecule has 13 heavy (non-hydrogen) atoms. The maximum atomic E-state index is 11.3. The smallest absolute Gasteiger partial charge is 0.244 e. The van der Waals surface area contributed by atoms with Gasteiger partial charge in [-0.1, -0.05) is 5.57 Å². The standard InChI is InChI=1S/C10H18N2O/c1-8(2)6-10(13)12-9-4-3-5-11-7-9/h6,9,11H,3-5,7H2,1-2H3,(H,12,13)/t9-/m0/s1. The summed E-state index contributed by atoms with van der Waals surface area (Å²) in [5, 5.41) is 6.23. The van der Waals surface area contributed by atoms with Gasteiger partial charge in [0.2, 0.25) is 5.91 Å². The van der Waals surface area contributed by atoms with Crippen LogP contribution in [0.1, 0.15) is 26.7 Å².